The Morgan fingerprint density at radius 2 is 2.00 bits per heavy atom. The normalized spacial score (nSPS) is 11.0. The number of carbonyl (C=O) groups excluding carboxylic acids is 1. The van der Waals surface area contributed by atoms with E-state index in [1.165, 1.54) is 11.8 Å². The summed E-state index contributed by atoms with van der Waals surface area (Å²) < 4.78 is 5.22. The van der Waals surface area contributed by atoms with E-state index in [0.29, 0.717) is 11.2 Å². The summed E-state index contributed by atoms with van der Waals surface area (Å²) in [6.45, 7) is 7.43. The van der Waals surface area contributed by atoms with Crippen LogP contribution >= 0.6 is 11.8 Å². The molecule has 0 aliphatic carbocycles. The van der Waals surface area contributed by atoms with Crippen LogP contribution in [0.2, 0.25) is 0 Å². The van der Waals surface area contributed by atoms with Gasteiger partial charge >= 0.3 is 0 Å². The van der Waals surface area contributed by atoms with Gasteiger partial charge in [0, 0.05) is 30.0 Å². The summed E-state index contributed by atoms with van der Waals surface area (Å²) in [6.07, 6.45) is 0. The van der Waals surface area contributed by atoms with E-state index >= 15 is 0 Å². The molecule has 1 heterocycles. The summed E-state index contributed by atoms with van der Waals surface area (Å²) >= 11 is 1.37. The number of anilines is 2. The fraction of sp³-hybridized carbons (Fsp3) is 0.333. The van der Waals surface area contributed by atoms with Crippen LogP contribution in [-0.4, -0.2) is 41.3 Å². The van der Waals surface area contributed by atoms with Gasteiger partial charge in [0.25, 0.3) is 0 Å². The molecule has 3 rings (SSSR count). The van der Waals surface area contributed by atoms with E-state index in [9.17, 15) is 4.79 Å². The number of ether oxygens (including phenoxy) is 1. The number of H-pyrrole nitrogens is 1. The van der Waals surface area contributed by atoms with Gasteiger partial charge in [0.1, 0.15) is 5.75 Å². The van der Waals surface area contributed by atoms with Crippen molar-refractivity contribution in [1.82, 2.24) is 9.97 Å². The molecule has 28 heavy (non-hydrogen) atoms. The highest BCUT2D eigenvalue weighted by Gasteiger charge is 2.10. The molecule has 0 atom stereocenters. The Morgan fingerprint density at radius 3 is 2.64 bits per heavy atom. The number of methoxy groups -OCH3 is 1. The van der Waals surface area contributed by atoms with Crippen molar-refractivity contribution < 1.29 is 9.53 Å². The Labute approximate surface area is 169 Å². The van der Waals surface area contributed by atoms with Crippen molar-refractivity contribution >= 4 is 40.1 Å². The highest BCUT2D eigenvalue weighted by atomic mass is 32.2. The molecule has 6 nitrogen and oxygen atoms in total. The second-order valence-electron chi connectivity index (χ2n) is 6.69. The number of nitrogens with one attached hydrogen (secondary N) is 2. The molecular weight excluding hydrogens is 372 g/mol. The van der Waals surface area contributed by atoms with Crippen LogP contribution in [0.5, 0.6) is 5.75 Å². The molecule has 3 aromatic rings. The first-order valence-corrected chi connectivity index (χ1v) is 10.3. The van der Waals surface area contributed by atoms with Gasteiger partial charge in [0.2, 0.25) is 5.91 Å². The lowest BCUT2D eigenvalue weighted by molar-refractivity contribution is -0.113. The van der Waals surface area contributed by atoms with Crippen LogP contribution in [0.3, 0.4) is 0 Å². The lowest BCUT2D eigenvalue weighted by Crippen LogP contribution is -2.30. The van der Waals surface area contributed by atoms with Gasteiger partial charge in [-0.25, -0.2) is 4.98 Å². The number of rotatable bonds is 8. The second-order valence-corrected chi connectivity index (χ2v) is 7.65. The van der Waals surface area contributed by atoms with Gasteiger partial charge in [0.05, 0.1) is 23.9 Å². The van der Waals surface area contributed by atoms with Crippen LogP contribution in [0.25, 0.3) is 11.0 Å². The maximum atomic E-state index is 12.3. The summed E-state index contributed by atoms with van der Waals surface area (Å²) in [4.78, 5) is 22.3. The zero-order valence-corrected chi connectivity index (χ0v) is 17.5. The molecular formula is C21H26N4O2S. The van der Waals surface area contributed by atoms with E-state index in [1.807, 2.05) is 42.5 Å². The van der Waals surface area contributed by atoms with Crippen molar-refractivity contribution in [3.63, 3.8) is 0 Å². The number of carbonyl (C=O) groups is 1. The number of hydrogen-bond donors (Lipinski definition) is 2. The van der Waals surface area contributed by atoms with Gasteiger partial charge in [0.15, 0.2) is 5.16 Å². The second kappa shape index (κ2) is 9.01. The third kappa shape index (κ3) is 4.78. The number of nitrogens with zero attached hydrogens (tertiary/aromatic N) is 2. The van der Waals surface area contributed by atoms with Gasteiger partial charge in [-0.2, -0.15) is 0 Å². The quantitative estimate of drug-likeness (QED) is 0.545. The van der Waals surface area contributed by atoms with Gasteiger partial charge < -0.3 is 19.9 Å². The van der Waals surface area contributed by atoms with Crippen molar-refractivity contribution in [2.24, 2.45) is 0 Å². The third-order valence-electron chi connectivity index (χ3n) is 4.45. The fourth-order valence-electron chi connectivity index (χ4n) is 3.07. The summed E-state index contributed by atoms with van der Waals surface area (Å²) in [5, 5.41) is 3.65. The number of fused-ring (bicyclic) bond motifs is 1. The number of amides is 1. The maximum Gasteiger partial charge on any atom is 0.234 e. The molecule has 1 aromatic heterocycles. The lowest BCUT2D eigenvalue weighted by Gasteiger charge is -2.27. The van der Waals surface area contributed by atoms with Crippen molar-refractivity contribution in [3.05, 3.63) is 42.5 Å². The molecule has 0 saturated heterocycles. The number of aromatic nitrogens is 2. The summed E-state index contributed by atoms with van der Waals surface area (Å²) in [7, 11) is 1.63. The van der Waals surface area contributed by atoms with E-state index in [-0.39, 0.29) is 11.7 Å². The number of imidazole rings is 1. The predicted molar refractivity (Wildman–Crippen MR) is 117 cm³/mol. The zero-order valence-electron chi connectivity index (χ0n) is 16.7. The number of thioether (sulfide) groups is 1. The maximum absolute atomic E-state index is 12.3. The fourth-order valence-corrected chi connectivity index (χ4v) is 3.76. The van der Waals surface area contributed by atoms with Crippen LogP contribution in [0, 0.1) is 0 Å². The first-order chi connectivity index (χ1) is 13.5. The van der Waals surface area contributed by atoms with Crippen LogP contribution in [0.1, 0.15) is 20.8 Å². The van der Waals surface area contributed by atoms with Crippen LogP contribution < -0.4 is 15.0 Å². The molecule has 0 aliphatic heterocycles. The van der Waals surface area contributed by atoms with E-state index in [2.05, 4.69) is 41.0 Å². The highest BCUT2D eigenvalue weighted by Crippen LogP contribution is 2.24. The summed E-state index contributed by atoms with van der Waals surface area (Å²) in [6, 6.07) is 14.1. The highest BCUT2D eigenvalue weighted by molar-refractivity contribution is 7.99. The Kier molecular flexibility index (Phi) is 6.46. The average Bonchev–Trinajstić information content (AvgIpc) is 3.10. The van der Waals surface area contributed by atoms with Crippen molar-refractivity contribution in [1.29, 1.82) is 0 Å². The monoisotopic (exact) mass is 398 g/mol. The Bertz CT molecular complexity index is 937. The molecule has 0 bridgehead atoms. The van der Waals surface area contributed by atoms with Crippen molar-refractivity contribution in [2.45, 2.75) is 32.0 Å². The molecule has 0 spiro atoms. The standard InChI is InChI=1S/C21H26N4O2S/c1-5-25(14(2)3)16-8-6-15(7-9-16)22-20(26)13-28-21-23-18-11-10-17(27-4)12-19(18)24-21/h6-12,14H,5,13H2,1-4H3,(H,22,26)(H,23,24). The number of benzene rings is 2. The Balaban J connectivity index is 1.57. The molecule has 2 aromatic carbocycles. The molecule has 0 aliphatic rings. The molecule has 0 saturated carbocycles. The topological polar surface area (TPSA) is 70.2 Å². The number of hydrogen-bond acceptors (Lipinski definition) is 5. The SMILES string of the molecule is CCN(c1ccc(NC(=O)CSc2nc3ccc(OC)cc3[nH]2)cc1)C(C)C. The first-order valence-electron chi connectivity index (χ1n) is 9.33. The Morgan fingerprint density at radius 1 is 1.25 bits per heavy atom. The van der Waals surface area contributed by atoms with Crippen LogP contribution in [0.4, 0.5) is 11.4 Å². The summed E-state index contributed by atoms with van der Waals surface area (Å²) in [5.74, 6) is 0.992. The lowest BCUT2D eigenvalue weighted by atomic mass is 10.2. The number of aromatic amines is 1. The van der Waals surface area contributed by atoms with Gasteiger partial charge in [-0.3, -0.25) is 4.79 Å². The average molecular weight is 399 g/mol. The summed E-state index contributed by atoms with van der Waals surface area (Å²) in [5.41, 5.74) is 3.69. The Hall–Kier alpha value is -2.67. The molecule has 2 N–H and O–H groups in total. The molecule has 148 valence electrons. The van der Waals surface area contributed by atoms with Gasteiger partial charge in [-0.15, -0.1) is 0 Å². The molecule has 7 heteroatoms. The minimum Gasteiger partial charge on any atom is -0.497 e. The van der Waals surface area contributed by atoms with E-state index in [4.69, 9.17) is 4.74 Å². The predicted octanol–water partition coefficient (Wildman–Crippen LogP) is 4.54. The first kappa shape index (κ1) is 20.1. The molecule has 0 fully saturated rings. The van der Waals surface area contributed by atoms with E-state index in [0.717, 1.165) is 34.7 Å². The van der Waals surface area contributed by atoms with E-state index < -0.39 is 0 Å². The molecule has 0 unspecified atom stereocenters. The van der Waals surface area contributed by atoms with Crippen LogP contribution in [0.15, 0.2) is 47.6 Å². The van der Waals surface area contributed by atoms with E-state index in [1.54, 1.807) is 7.11 Å². The van der Waals surface area contributed by atoms with Gasteiger partial charge in [-0.05, 0) is 57.2 Å². The molecule has 1 amide bonds. The molecule has 0 radical (unpaired) electrons. The third-order valence-corrected chi connectivity index (χ3v) is 5.33. The smallest absolute Gasteiger partial charge is 0.234 e. The minimum atomic E-state index is -0.0630. The van der Waals surface area contributed by atoms with Crippen LogP contribution in [-0.2, 0) is 4.79 Å². The zero-order chi connectivity index (χ0) is 20.1. The minimum absolute atomic E-state index is 0.0630. The van der Waals surface area contributed by atoms with Gasteiger partial charge in [-0.1, -0.05) is 11.8 Å². The largest absolute Gasteiger partial charge is 0.497 e. The van der Waals surface area contributed by atoms with Crippen molar-refractivity contribution in [2.75, 3.05) is 29.6 Å². The van der Waals surface area contributed by atoms with Crippen molar-refractivity contribution in [3.8, 4) is 5.75 Å².